The molecule has 0 amide bonds. The van der Waals surface area contributed by atoms with Gasteiger partial charge in [0.15, 0.2) is 0 Å². The molecule has 0 aliphatic carbocycles. The summed E-state index contributed by atoms with van der Waals surface area (Å²) in [5.41, 5.74) is 10.8. The van der Waals surface area contributed by atoms with Crippen molar-refractivity contribution in [3.63, 3.8) is 0 Å². The van der Waals surface area contributed by atoms with Gasteiger partial charge in [-0.25, -0.2) is 4.98 Å². The lowest BCUT2D eigenvalue weighted by atomic mass is 10.0. The van der Waals surface area contributed by atoms with Gasteiger partial charge in [-0.3, -0.25) is 9.97 Å². The van der Waals surface area contributed by atoms with Gasteiger partial charge in [-0.2, -0.15) is 0 Å². The Morgan fingerprint density at radius 3 is 1.40 bits per heavy atom. The molecule has 4 aromatic heterocycles. The highest BCUT2D eigenvalue weighted by molar-refractivity contribution is 6.04. The highest BCUT2D eigenvalue weighted by Crippen LogP contribution is 2.38. The Labute approximate surface area is 300 Å². The van der Waals surface area contributed by atoms with Crippen LogP contribution in [0.4, 0.5) is 17.1 Å². The van der Waals surface area contributed by atoms with Crippen LogP contribution in [0.5, 0.6) is 0 Å². The molecule has 0 saturated heterocycles. The number of para-hydroxylation sites is 1. The van der Waals surface area contributed by atoms with E-state index < -0.39 is 0 Å². The smallest absolute Gasteiger partial charge is 0.227 e. The number of fused-ring (bicyclic) bond motifs is 5. The zero-order valence-corrected chi connectivity index (χ0v) is 28.0. The van der Waals surface area contributed by atoms with Crippen molar-refractivity contribution in [2.45, 2.75) is 0 Å². The average Bonchev–Trinajstić information content (AvgIpc) is 3.59. The maximum absolute atomic E-state index is 5.98. The molecule has 0 spiro atoms. The zero-order valence-electron chi connectivity index (χ0n) is 28.0. The molecule has 0 radical (unpaired) electrons. The van der Waals surface area contributed by atoms with Gasteiger partial charge in [0, 0.05) is 73.9 Å². The number of hydrogen-bond donors (Lipinski definition) is 0. The fraction of sp³-hybridized carbons (Fsp3) is 0. The van der Waals surface area contributed by atoms with Crippen molar-refractivity contribution < 1.29 is 4.42 Å². The van der Waals surface area contributed by atoms with Crippen LogP contribution in [-0.4, -0.2) is 15.0 Å². The van der Waals surface area contributed by atoms with Crippen molar-refractivity contribution in [3.05, 3.63) is 182 Å². The van der Waals surface area contributed by atoms with Crippen molar-refractivity contribution in [3.8, 4) is 33.6 Å². The highest BCUT2D eigenvalue weighted by atomic mass is 16.3. The average molecular weight is 667 g/mol. The Morgan fingerprint density at radius 2 is 0.846 bits per heavy atom. The van der Waals surface area contributed by atoms with E-state index in [-0.39, 0.29) is 0 Å². The minimum Gasteiger partial charge on any atom is -0.438 e. The lowest BCUT2D eigenvalue weighted by Crippen LogP contribution is -2.09. The Morgan fingerprint density at radius 1 is 0.365 bits per heavy atom. The van der Waals surface area contributed by atoms with E-state index in [9.17, 15) is 0 Å². The quantitative estimate of drug-likeness (QED) is 0.177. The summed E-state index contributed by atoms with van der Waals surface area (Å²) in [5.74, 6) is 0. The van der Waals surface area contributed by atoms with Crippen LogP contribution in [0, 0.1) is 0 Å². The fourth-order valence-electron chi connectivity index (χ4n) is 7.06. The number of pyridine rings is 3. The van der Waals surface area contributed by atoms with Crippen molar-refractivity contribution in [1.82, 2.24) is 15.0 Å². The molecule has 10 rings (SSSR count). The Bertz CT molecular complexity index is 2770. The van der Waals surface area contributed by atoms with Gasteiger partial charge >= 0.3 is 0 Å². The number of nitrogens with zero attached hydrogens (tertiary/aromatic N) is 4. The summed E-state index contributed by atoms with van der Waals surface area (Å²) in [6.45, 7) is 0. The molecule has 0 bridgehead atoms. The molecule has 0 saturated carbocycles. The van der Waals surface area contributed by atoms with Gasteiger partial charge in [-0.05, 0) is 77.0 Å². The van der Waals surface area contributed by atoms with E-state index in [4.69, 9.17) is 14.4 Å². The van der Waals surface area contributed by atoms with E-state index >= 15 is 0 Å². The fourth-order valence-corrected chi connectivity index (χ4v) is 7.06. The predicted octanol–water partition coefficient (Wildman–Crippen LogP) is 12.5. The second-order valence-corrected chi connectivity index (χ2v) is 13.0. The number of aromatic nitrogens is 3. The summed E-state index contributed by atoms with van der Waals surface area (Å²) < 4.78 is 5.98. The molecule has 52 heavy (non-hydrogen) atoms. The van der Waals surface area contributed by atoms with Crippen LogP contribution < -0.4 is 4.90 Å². The number of benzene rings is 6. The molecule has 5 nitrogen and oxygen atoms in total. The Balaban J connectivity index is 1.02. The number of furan rings is 1. The highest BCUT2D eigenvalue weighted by Gasteiger charge is 2.15. The lowest BCUT2D eigenvalue weighted by molar-refractivity contribution is 0.654. The van der Waals surface area contributed by atoms with E-state index in [2.05, 4.69) is 143 Å². The van der Waals surface area contributed by atoms with E-state index in [1.807, 2.05) is 48.9 Å². The molecule has 10 aromatic rings. The monoisotopic (exact) mass is 666 g/mol. The first-order valence-electron chi connectivity index (χ1n) is 17.3. The molecule has 0 unspecified atom stereocenters. The van der Waals surface area contributed by atoms with Gasteiger partial charge < -0.3 is 9.32 Å². The molecular weight excluding hydrogens is 637 g/mol. The summed E-state index contributed by atoms with van der Waals surface area (Å²) in [5, 5.41) is 6.70. The van der Waals surface area contributed by atoms with Crippen LogP contribution in [-0.2, 0) is 0 Å². The first kappa shape index (κ1) is 29.8. The first-order chi connectivity index (χ1) is 25.7. The van der Waals surface area contributed by atoms with Crippen LogP contribution in [0.25, 0.3) is 77.3 Å². The van der Waals surface area contributed by atoms with Crippen molar-refractivity contribution in [2.75, 3.05) is 4.90 Å². The van der Waals surface area contributed by atoms with Crippen molar-refractivity contribution in [1.29, 1.82) is 0 Å². The minimum atomic E-state index is 0.650. The topological polar surface area (TPSA) is 55.1 Å². The van der Waals surface area contributed by atoms with E-state index in [1.165, 1.54) is 10.8 Å². The van der Waals surface area contributed by atoms with Crippen LogP contribution >= 0.6 is 0 Å². The largest absolute Gasteiger partial charge is 0.438 e. The first-order valence-corrected chi connectivity index (χ1v) is 17.3. The maximum Gasteiger partial charge on any atom is 0.227 e. The molecular formula is C47H30N4O. The van der Waals surface area contributed by atoms with Crippen LogP contribution in [0.2, 0.25) is 0 Å². The molecule has 4 heterocycles. The van der Waals surface area contributed by atoms with Gasteiger partial charge in [0.1, 0.15) is 5.58 Å². The summed E-state index contributed by atoms with van der Waals surface area (Å²) in [4.78, 5) is 16.5. The normalized spacial score (nSPS) is 11.5. The number of rotatable bonds is 6. The molecule has 0 aliphatic rings. The minimum absolute atomic E-state index is 0.650. The van der Waals surface area contributed by atoms with E-state index in [1.54, 1.807) is 0 Å². The van der Waals surface area contributed by atoms with Crippen LogP contribution in [0.1, 0.15) is 0 Å². The molecule has 0 aliphatic heterocycles. The third-order valence-corrected chi connectivity index (χ3v) is 9.80. The standard InChI is InChI=1S/C47H30N4O/c1-3-9-36-28-48-44(26-34(36)7-1)32-15-21-40(22-16-32)51(41-23-17-33(18-24-41)45-27-35-8-2-4-10-37(35)29-49-45)39-19-13-31(14-20-39)38-25-43-42-11-5-6-12-46(42)52-47(43)50-30-38/h1-30H. The summed E-state index contributed by atoms with van der Waals surface area (Å²) in [7, 11) is 0. The molecule has 244 valence electrons. The Kier molecular flexibility index (Phi) is 7.07. The van der Waals surface area contributed by atoms with Gasteiger partial charge in [0.25, 0.3) is 0 Å². The molecule has 6 aromatic carbocycles. The third kappa shape index (κ3) is 5.32. The molecule has 0 atom stereocenters. The van der Waals surface area contributed by atoms with E-state index in [0.717, 1.165) is 77.8 Å². The third-order valence-electron chi connectivity index (χ3n) is 9.80. The van der Waals surface area contributed by atoms with Gasteiger partial charge in [-0.1, -0.05) is 103 Å². The van der Waals surface area contributed by atoms with Crippen molar-refractivity contribution in [2.24, 2.45) is 0 Å². The summed E-state index contributed by atoms with van der Waals surface area (Å²) in [6, 6.07) is 57.1. The molecule has 0 N–H and O–H groups in total. The zero-order chi connectivity index (χ0) is 34.4. The molecule has 0 fully saturated rings. The summed E-state index contributed by atoms with van der Waals surface area (Å²) in [6.07, 6.45) is 5.78. The van der Waals surface area contributed by atoms with Crippen LogP contribution in [0.3, 0.4) is 0 Å². The van der Waals surface area contributed by atoms with E-state index in [0.29, 0.717) is 5.71 Å². The van der Waals surface area contributed by atoms with Gasteiger partial charge in [0.2, 0.25) is 5.71 Å². The van der Waals surface area contributed by atoms with Gasteiger partial charge in [-0.15, -0.1) is 0 Å². The number of hydrogen-bond acceptors (Lipinski definition) is 5. The second-order valence-electron chi connectivity index (χ2n) is 13.0. The predicted molar refractivity (Wildman–Crippen MR) is 213 cm³/mol. The maximum atomic E-state index is 5.98. The Hall–Kier alpha value is -7.11. The molecule has 5 heteroatoms. The van der Waals surface area contributed by atoms with Gasteiger partial charge in [0.05, 0.1) is 11.4 Å². The lowest BCUT2D eigenvalue weighted by Gasteiger charge is -2.26. The number of anilines is 3. The summed E-state index contributed by atoms with van der Waals surface area (Å²) >= 11 is 0. The van der Waals surface area contributed by atoms with Crippen molar-refractivity contribution >= 4 is 60.7 Å². The SMILES string of the molecule is c1ccc2cc(-c3ccc(N(c4ccc(-c5cnc6oc7ccccc7c6c5)cc4)c4ccc(-c5cc6ccccc6cn5)cc4)cc3)ncc2c1. The van der Waals surface area contributed by atoms with Crippen LogP contribution in [0.15, 0.2) is 187 Å². The second kappa shape index (κ2) is 12.3.